The number of hydrogen-bond acceptors (Lipinski definition) is 5. The highest BCUT2D eigenvalue weighted by molar-refractivity contribution is 5.80. The van der Waals surface area contributed by atoms with Gasteiger partial charge in [-0.1, -0.05) is 13.0 Å². The Kier molecular flexibility index (Phi) is 6.95. The Balaban J connectivity index is 2.15. The number of hydrogen-bond donors (Lipinski definition) is 2. The molecule has 0 unspecified atom stereocenters. The fraction of sp³-hybridized carbons (Fsp3) is 0.429. The monoisotopic (exact) mass is 280 g/mol. The van der Waals surface area contributed by atoms with Crippen LogP contribution in [-0.2, 0) is 14.3 Å². The van der Waals surface area contributed by atoms with Crippen LogP contribution >= 0.6 is 0 Å². The lowest BCUT2D eigenvalue weighted by atomic mass is 10.3. The van der Waals surface area contributed by atoms with Gasteiger partial charge in [0, 0.05) is 18.3 Å². The van der Waals surface area contributed by atoms with Gasteiger partial charge in [-0.3, -0.25) is 9.59 Å². The van der Waals surface area contributed by atoms with Crippen LogP contribution in [0.2, 0.25) is 0 Å². The summed E-state index contributed by atoms with van der Waals surface area (Å²) >= 11 is 0. The minimum absolute atomic E-state index is 0.0792. The third-order valence-electron chi connectivity index (χ3n) is 2.37. The molecule has 1 aromatic carbocycles. The number of esters is 1. The van der Waals surface area contributed by atoms with Crippen molar-refractivity contribution in [3.63, 3.8) is 0 Å². The Labute approximate surface area is 118 Å². The van der Waals surface area contributed by atoms with Crippen molar-refractivity contribution in [2.75, 3.05) is 25.5 Å². The third-order valence-corrected chi connectivity index (χ3v) is 2.37. The van der Waals surface area contributed by atoms with Crippen LogP contribution in [0, 0.1) is 0 Å². The van der Waals surface area contributed by atoms with Gasteiger partial charge in [0.2, 0.25) is 0 Å². The van der Waals surface area contributed by atoms with E-state index in [2.05, 4.69) is 5.32 Å². The molecule has 1 aromatic rings. The number of nitrogens with one attached hydrogen (secondary N) is 1. The number of rotatable bonds is 8. The molecule has 0 aliphatic rings. The van der Waals surface area contributed by atoms with Crippen molar-refractivity contribution in [3.05, 3.63) is 24.3 Å². The predicted molar refractivity (Wildman–Crippen MR) is 75.2 cm³/mol. The fourth-order valence-electron chi connectivity index (χ4n) is 1.39. The third kappa shape index (κ3) is 6.63. The molecule has 3 N–H and O–H groups in total. The summed E-state index contributed by atoms with van der Waals surface area (Å²) in [7, 11) is 0. The van der Waals surface area contributed by atoms with Crippen LogP contribution in [0.5, 0.6) is 5.75 Å². The first-order valence-electron chi connectivity index (χ1n) is 6.52. The maximum atomic E-state index is 11.4. The average Bonchev–Trinajstić information content (AvgIpc) is 2.43. The molecule has 0 radical (unpaired) electrons. The smallest absolute Gasteiger partial charge is 0.309 e. The zero-order valence-corrected chi connectivity index (χ0v) is 11.6. The van der Waals surface area contributed by atoms with Crippen molar-refractivity contribution in [2.24, 2.45) is 0 Å². The Morgan fingerprint density at radius 2 is 2.15 bits per heavy atom. The van der Waals surface area contributed by atoms with Gasteiger partial charge in [0.1, 0.15) is 5.75 Å². The molecule has 0 aliphatic carbocycles. The molecular formula is C14H20N2O4. The Morgan fingerprint density at radius 1 is 1.35 bits per heavy atom. The molecule has 6 heteroatoms. The lowest BCUT2D eigenvalue weighted by Gasteiger charge is -2.07. The Hall–Kier alpha value is -2.24. The molecule has 1 rings (SSSR count). The Bertz CT molecular complexity index is 449. The summed E-state index contributed by atoms with van der Waals surface area (Å²) in [6.45, 7) is 2.45. The largest absolute Gasteiger partial charge is 0.493 e. The summed E-state index contributed by atoms with van der Waals surface area (Å²) < 4.78 is 10.2. The number of nitrogens with two attached hydrogens (primary N) is 1. The highest BCUT2D eigenvalue weighted by atomic mass is 16.5. The maximum Gasteiger partial charge on any atom is 0.309 e. The SMILES string of the molecule is CCCNC(=O)COC(=O)CCOc1cccc(N)c1. The number of carbonyl (C=O) groups excluding carboxylic acids is 2. The van der Waals surface area contributed by atoms with Crippen LogP contribution < -0.4 is 15.8 Å². The average molecular weight is 280 g/mol. The predicted octanol–water partition coefficient (Wildman–Crippen LogP) is 1.11. The van der Waals surface area contributed by atoms with Crippen LogP contribution in [0.3, 0.4) is 0 Å². The zero-order chi connectivity index (χ0) is 14.8. The second-order valence-corrected chi connectivity index (χ2v) is 4.18. The van der Waals surface area contributed by atoms with E-state index in [0.717, 1.165) is 6.42 Å². The first-order chi connectivity index (χ1) is 9.61. The van der Waals surface area contributed by atoms with Crippen LogP contribution in [0.1, 0.15) is 19.8 Å². The molecule has 0 aromatic heterocycles. The summed E-state index contributed by atoms with van der Waals surface area (Å²) in [6.07, 6.45) is 0.920. The van der Waals surface area contributed by atoms with E-state index in [9.17, 15) is 9.59 Å². The molecule has 110 valence electrons. The Morgan fingerprint density at radius 3 is 2.85 bits per heavy atom. The van der Waals surface area contributed by atoms with Crippen molar-refractivity contribution in [1.82, 2.24) is 5.32 Å². The summed E-state index contributed by atoms with van der Waals surface area (Å²) in [5.74, 6) is -0.170. The molecule has 20 heavy (non-hydrogen) atoms. The van der Waals surface area contributed by atoms with E-state index >= 15 is 0 Å². The number of amides is 1. The molecule has 0 saturated carbocycles. The lowest BCUT2D eigenvalue weighted by Crippen LogP contribution is -2.29. The van der Waals surface area contributed by atoms with Crippen LogP contribution in [0.15, 0.2) is 24.3 Å². The first-order valence-corrected chi connectivity index (χ1v) is 6.52. The van der Waals surface area contributed by atoms with Crippen LogP contribution in [0.25, 0.3) is 0 Å². The van der Waals surface area contributed by atoms with Gasteiger partial charge in [0.05, 0.1) is 13.0 Å². The number of anilines is 1. The van der Waals surface area contributed by atoms with Crippen molar-refractivity contribution >= 4 is 17.6 Å². The standard InChI is InChI=1S/C14H20N2O4/c1-2-7-16-13(17)10-20-14(18)6-8-19-12-5-3-4-11(15)9-12/h3-5,9H,2,6-8,10,15H2,1H3,(H,16,17). The van der Waals surface area contributed by atoms with Gasteiger partial charge in [-0.15, -0.1) is 0 Å². The minimum atomic E-state index is -0.472. The van der Waals surface area contributed by atoms with E-state index in [1.54, 1.807) is 24.3 Å². The zero-order valence-electron chi connectivity index (χ0n) is 11.6. The highest BCUT2D eigenvalue weighted by Crippen LogP contribution is 2.14. The van der Waals surface area contributed by atoms with E-state index in [4.69, 9.17) is 15.2 Å². The van der Waals surface area contributed by atoms with Crippen LogP contribution in [-0.4, -0.2) is 31.6 Å². The summed E-state index contributed by atoms with van der Waals surface area (Å²) in [4.78, 5) is 22.6. The molecule has 0 aliphatic heterocycles. The normalized spacial score (nSPS) is 9.85. The van der Waals surface area contributed by atoms with Crippen molar-refractivity contribution in [2.45, 2.75) is 19.8 Å². The van der Waals surface area contributed by atoms with Gasteiger partial charge < -0.3 is 20.5 Å². The van der Waals surface area contributed by atoms with Crippen molar-refractivity contribution in [1.29, 1.82) is 0 Å². The van der Waals surface area contributed by atoms with E-state index in [-0.39, 0.29) is 25.5 Å². The van der Waals surface area contributed by atoms with E-state index in [1.165, 1.54) is 0 Å². The van der Waals surface area contributed by atoms with Gasteiger partial charge >= 0.3 is 5.97 Å². The van der Waals surface area contributed by atoms with Gasteiger partial charge in [0.15, 0.2) is 6.61 Å². The molecular weight excluding hydrogens is 260 g/mol. The van der Waals surface area contributed by atoms with E-state index < -0.39 is 5.97 Å². The maximum absolute atomic E-state index is 11.4. The molecule has 0 spiro atoms. The summed E-state index contributed by atoms with van der Waals surface area (Å²) in [5.41, 5.74) is 6.19. The molecule has 0 saturated heterocycles. The number of benzene rings is 1. The second kappa shape index (κ2) is 8.79. The summed E-state index contributed by atoms with van der Waals surface area (Å²) in [6, 6.07) is 6.93. The van der Waals surface area contributed by atoms with Crippen molar-refractivity contribution in [3.8, 4) is 5.75 Å². The number of ether oxygens (including phenoxy) is 2. The second-order valence-electron chi connectivity index (χ2n) is 4.18. The van der Waals surface area contributed by atoms with Gasteiger partial charge in [0.25, 0.3) is 5.91 Å². The lowest BCUT2D eigenvalue weighted by molar-refractivity contribution is -0.149. The summed E-state index contributed by atoms with van der Waals surface area (Å²) in [5, 5.41) is 2.61. The fourth-order valence-corrected chi connectivity index (χ4v) is 1.39. The van der Waals surface area contributed by atoms with E-state index in [1.807, 2.05) is 6.92 Å². The van der Waals surface area contributed by atoms with Gasteiger partial charge in [-0.2, -0.15) is 0 Å². The first kappa shape index (κ1) is 15.8. The number of nitrogen functional groups attached to an aromatic ring is 1. The van der Waals surface area contributed by atoms with E-state index in [0.29, 0.717) is 18.0 Å². The minimum Gasteiger partial charge on any atom is -0.493 e. The molecule has 0 bridgehead atoms. The quantitative estimate of drug-likeness (QED) is 0.550. The van der Waals surface area contributed by atoms with Gasteiger partial charge in [-0.25, -0.2) is 0 Å². The molecule has 1 amide bonds. The topological polar surface area (TPSA) is 90.6 Å². The molecule has 0 atom stereocenters. The molecule has 0 heterocycles. The van der Waals surface area contributed by atoms with Gasteiger partial charge in [-0.05, 0) is 18.6 Å². The van der Waals surface area contributed by atoms with Crippen LogP contribution in [0.4, 0.5) is 5.69 Å². The molecule has 0 fully saturated rings. The molecule has 6 nitrogen and oxygen atoms in total. The number of carbonyl (C=O) groups is 2. The highest BCUT2D eigenvalue weighted by Gasteiger charge is 2.07. The van der Waals surface area contributed by atoms with Crippen molar-refractivity contribution < 1.29 is 19.1 Å².